The first kappa shape index (κ1) is 15.3. The van der Waals surface area contributed by atoms with Gasteiger partial charge >= 0.3 is 5.97 Å². The van der Waals surface area contributed by atoms with Crippen molar-refractivity contribution in [3.63, 3.8) is 0 Å². The molecule has 3 heterocycles. The van der Waals surface area contributed by atoms with Gasteiger partial charge in [-0.05, 0) is 32.1 Å². The van der Waals surface area contributed by atoms with Crippen molar-refractivity contribution >= 4 is 23.0 Å². The van der Waals surface area contributed by atoms with Crippen molar-refractivity contribution in [2.45, 2.75) is 43.7 Å². The predicted octanol–water partition coefficient (Wildman–Crippen LogP) is 2.63. The van der Waals surface area contributed by atoms with E-state index in [0.717, 1.165) is 32.1 Å². The van der Waals surface area contributed by atoms with Crippen LogP contribution in [-0.4, -0.2) is 52.2 Å². The van der Waals surface area contributed by atoms with Gasteiger partial charge in [-0.2, -0.15) is 0 Å². The van der Waals surface area contributed by atoms with Crippen LogP contribution in [0.25, 0.3) is 11.1 Å². The van der Waals surface area contributed by atoms with Crippen LogP contribution in [0.15, 0.2) is 16.7 Å². The van der Waals surface area contributed by atoms with E-state index in [1.54, 1.807) is 13.2 Å². The predicted molar refractivity (Wildman–Crippen MR) is 85.2 cm³/mol. The van der Waals surface area contributed by atoms with Gasteiger partial charge in [0.1, 0.15) is 17.5 Å². The third kappa shape index (κ3) is 2.15. The summed E-state index contributed by atoms with van der Waals surface area (Å²) in [4.78, 5) is 29.1. The molecule has 2 aromatic rings. The van der Waals surface area contributed by atoms with E-state index in [1.165, 1.54) is 6.26 Å². The second-order valence-corrected chi connectivity index (χ2v) is 6.76. The summed E-state index contributed by atoms with van der Waals surface area (Å²) in [6, 6.07) is 1.60. The summed E-state index contributed by atoms with van der Waals surface area (Å²) < 4.78 is 10.8. The first-order valence-corrected chi connectivity index (χ1v) is 8.22. The number of ether oxygens (including phenoxy) is 1. The van der Waals surface area contributed by atoms with Crippen LogP contribution in [0.2, 0.25) is 0 Å². The van der Waals surface area contributed by atoms with Crippen molar-refractivity contribution in [1.82, 2.24) is 9.88 Å². The van der Waals surface area contributed by atoms with Crippen molar-refractivity contribution in [3.8, 4) is 0 Å². The number of aromatic nitrogens is 1. The molecule has 2 N–H and O–H groups in total. The van der Waals surface area contributed by atoms with Crippen LogP contribution < -0.4 is 0 Å². The number of aromatic amines is 1. The van der Waals surface area contributed by atoms with Crippen molar-refractivity contribution in [3.05, 3.63) is 23.6 Å². The molecule has 7 heteroatoms. The van der Waals surface area contributed by atoms with E-state index in [9.17, 15) is 9.59 Å². The number of hydrogen-bond acceptors (Lipinski definition) is 4. The smallest absolute Gasteiger partial charge is 0.341 e. The zero-order valence-corrected chi connectivity index (χ0v) is 13.5. The number of fused-ring (bicyclic) bond motifs is 1. The summed E-state index contributed by atoms with van der Waals surface area (Å²) in [5, 5.41) is 9.17. The van der Waals surface area contributed by atoms with Crippen molar-refractivity contribution in [2.24, 2.45) is 0 Å². The number of aromatic carboxylic acids is 1. The van der Waals surface area contributed by atoms with Crippen LogP contribution >= 0.6 is 0 Å². The van der Waals surface area contributed by atoms with Gasteiger partial charge in [0.15, 0.2) is 5.58 Å². The quantitative estimate of drug-likeness (QED) is 0.901. The monoisotopic (exact) mass is 332 g/mol. The zero-order chi connectivity index (χ0) is 16.9. The highest BCUT2D eigenvalue weighted by molar-refractivity contribution is 6.04. The molecular weight excluding hydrogens is 312 g/mol. The molecule has 0 bridgehead atoms. The Balaban J connectivity index is 1.64. The average Bonchev–Trinajstić information content (AvgIpc) is 3.12. The molecule has 1 atom stereocenters. The third-order valence-corrected chi connectivity index (χ3v) is 5.53. The highest BCUT2D eigenvalue weighted by Crippen LogP contribution is 2.45. The Morgan fingerprint density at radius 1 is 1.46 bits per heavy atom. The molecule has 1 aliphatic heterocycles. The molecule has 2 fully saturated rings. The molecule has 1 unspecified atom stereocenters. The first-order chi connectivity index (χ1) is 11.5. The molecule has 7 nitrogen and oxygen atoms in total. The van der Waals surface area contributed by atoms with E-state index in [-0.39, 0.29) is 23.1 Å². The third-order valence-electron chi connectivity index (χ3n) is 5.53. The van der Waals surface area contributed by atoms with Crippen LogP contribution in [0.3, 0.4) is 0 Å². The summed E-state index contributed by atoms with van der Waals surface area (Å²) in [7, 11) is 1.72. The number of methoxy groups -OCH3 is 1. The number of piperidine rings is 1. The Labute approximate surface area is 138 Å². The Morgan fingerprint density at radius 2 is 2.25 bits per heavy atom. The standard InChI is InChI=1S/C17H20N2O5/c1-23-10-3-6-19(17(8-10)4-2-5-17)15(20)12-7-13-14(18-12)11(9-24-13)16(21)22/h7,9-10,18H,2-6,8H2,1H3,(H,21,22). The lowest BCUT2D eigenvalue weighted by molar-refractivity contribution is -0.0613. The first-order valence-electron chi connectivity index (χ1n) is 8.22. The minimum Gasteiger partial charge on any atom is -0.477 e. The molecule has 1 saturated heterocycles. The van der Waals surface area contributed by atoms with Crippen LogP contribution in [-0.2, 0) is 4.74 Å². The molecule has 1 amide bonds. The Bertz CT molecular complexity index is 801. The number of H-pyrrole nitrogens is 1. The fourth-order valence-electron chi connectivity index (χ4n) is 4.05. The van der Waals surface area contributed by atoms with E-state index in [0.29, 0.717) is 23.3 Å². The Morgan fingerprint density at radius 3 is 2.88 bits per heavy atom. The fraction of sp³-hybridized carbons (Fsp3) is 0.529. The number of nitrogens with zero attached hydrogens (tertiary/aromatic N) is 1. The number of hydrogen-bond donors (Lipinski definition) is 2. The molecule has 24 heavy (non-hydrogen) atoms. The number of furan rings is 1. The Hall–Kier alpha value is -2.28. The minimum atomic E-state index is -1.08. The van der Waals surface area contributed by atoms with Gasteiger partial charge in [0.25, 0.3) is 5.91 Å². The number of carbonyl (C=O) groups excluding carboxylic acids is 1. The summed E-state index contributed by atoms with van der Waals surface area (Å²) >= 11 is 0. The normalized spacial score (nSPS) is 22.7. The number of nitrogens with one attached hydrogen (secondary N) is 1. The van der Waals surface area contributed by atoms with E-state index >= 15 is 0 Å². The molecule has 1 saturated carbocycles. The molecule has 0 radical (unpaired) electrons. The highest BCUT2D eigenvalue weighted by atomic mass is 16.5. The van der Waals surface area contributed by atoms with Crippen LogP contribution in [0.4, 0.5) is 0 Å². The van der Waals surface area contributed by atoms with Crippen LogP contribution in [0.1, 0.15) is 53.0 Å². The van der Waals surface area contributed by atoms with Crippen molar-refractivity contribution in [1.29, 1.82) is 0 Å². The maximum Gasteiger partial charge on any atom is 0.341 e. The second-order valence-electron chi connectivity index (χ2n) is 6.76. The lowest BCUT2D eigenvalue weighted by Gasteiger charge is -2.54. The molecule has 2 aliphatic rings. The van der Waals surface area contributed by atoms with Gasteiger partial charge in [0.2, 0.25) is 0 Å². The number of rotatable bonds is 3. The van der Waals surface area contributed by atoms with Crippen LogP contribution in [0.5, 0.6) is 0 Å². The summed E-state index contributed by atoms with van der Waals surface area (Å²) in [5.41, 5.74) is 1.07. The van der Waals surface area contributed by atoms with Crippen molar-refractivity contribution < 1.29 is 23.8 Å². The van der Waals surface area contributed by atoms with E-state index in [2.05, 4.69) is 4.98 Å². The van der Waals surface area contributed by atoms with E-state index in [4.69, 9.17) is 14.3 Å². The van der Waals surface area contributed by atoms with E-state index < -0.39 is 5.97 Å². The molecule has 1 spiro atoms. The van der Waals surface area contributed by atoms with Gasteiger partial charge in [0, 0.05) is 25.3 Å². The Kier molecular flexibility index (Phi) is 3.42. The number of carboxylic acids is 1. The number of likely N-dealkylation sites (tertiary alicyclic amines) is 1. The maximum atomic E-state index is 13.0. The molecular formula is C17H20N2O5. The van der Waals surface area contributed by atoms with Gasteiger partial charge < -0.3 is 24.1 Å². The lowest BCUT2D eigenvalue weighted by Crippen LogP contribution is -2.61. The van der Waals surface area contributed by atoms with E-state index in [1.807, 2.05) is 4.90 Å². The van der Waals surface area contributed by atoms with Gasteiger partial charge in [-0.1, -0.05) is 0 Å². The molecule has 1 aliphatic carbocycles. The lowest BCUT2D eigenvalue weighted by atomic mass is 9.69. The second kappa shape index (κ2) is 5.37. The van der Waals surface area contributed by atoms with Gasteiger partial charge in [0.05, 0.1) is 11.6 Å². The summed E-state index contributed by atoms with van der Waals surface area (Å²) in [5.74, 6) is -1.17. The largest absolute Gasteiger partial charge is 0.477 e. The zero-order valence-electron chi connectivity index (χ0n) is 13.5. The summed E-state index contributed by atoms with van der Waals surface area (Å²) in [6.45, 7) is 0.656. The number of carboxylic acid groups (broad SMARTS) is 1. The topological polar surface area (TPSA) is 95.8 Å². The number of carbonyl (C=O) groups is 2. The highest BCUT2D eigenvalue weighted by Gasteiger charge is 2.49. The average molecular weight is 332 g/mol. The molecule has 0 aromatic carbocycles. The maximum absolute atomic E-state index is 13.0. The van der Waals surface area contributed by atoms with Gasteiger partial charge in [-0.3, -0.25) is 4.79 Å². The molecule has 128 valence electrons. The minimum absolute atomic E-state index is 0.0421. The molecule has 4 rings (SSSR count). The summed E-state index contributed by atoms with van der Waals surface area (Å²) in [6.07, 6.45) is 6.19. The number of amides is 1. The van der Waals surface area contributed by atoms with Gasteiger partial charge in [-0.25, -0.2) is 4.79 Å². The molecule has 2 aromatic heterocycles. The SMILES string of the molecule is COC1CCN(C(=O)c2cc3occ(C(=O)O)c3[nH]2)C2(CCC2)C1. The fourth-order valence-corrected chi connectivity index (χ4v) is 4.05. The van der Waals surface area contributed by atoms with Gasteiger partial charge in [-0.15, -0.1) is 0 Å². The van der Waals surface area contributed by atoms with Crippen LogP contribution in [0, 0.1) is 0 Å². The van der Waals surface area contributed by atoms with Crippen molar-refractivity contribution in [2.75, 3.05) is 13.7 Å².